The van der Waals surface area contributed by atoms with Crippen LogP contribution in [0, 0.1) is 13.8 Å². The fraction of sp³-hybridized carbons (Fsp3) is 0.0968. The van der Waals surface area contributed by atoms with Crippen LogP contribution in [-0.2, 0) is 7.05 Å². The number of aromatic nitrogens is 1. The second-order valence-corrected chi connectivity index (χ2v) is 8.95. The van der Waals surface area contributed by atoms with Crippen LogP contribution in [0.1, 0.15) is 32.6 Å². The van der Waals surface area contributed by atoms with Gasteiger partial charge in [-0.2, -0.15) is 4.57 Å². The third-order valence-electron chi connectivity index (χ3n) is 6.60. The average molecular weight is 461 g/mol. The SMILES string of the molecule is Cc1cc(C=O)cc(C)c1-c1c2ccccc2[n+](C)c2cc(C(O)=Cc3ccc(O)cc3)ccc12. The second-order valence-electron chi connectivity index (χ2n) is 8.95. The van der Waals surface area contributed by atoms with Gasteiger partial charge in [-0.05, 0) is 78.6 Å². The molecule has 0 fully saturated rings. The largest absolute Gasteiger partial charge is 0.508 e. The molecule has 0 atom stereocenters. The molecule has 4 nitrogen and oxygen atoms in total. The smallest absolute Gasteiger partial charge is 0.214 e. The molecule has 4 heteroatoms. The fourth-order valence-electron chi connectivity index (χ4n) is 4.97. The molecule has 5 rings (SSSR count). The minimum atomic E-state index is 0.148. The van der Waals surface area contributed by atoms with Crippen molar-refractivity contribution in [1.82, 2.24) is 0 Å². The number of aryl methyl sites for hydroxylation is 3. The molecule has 2 N–H and O–H groups in total. The van der Waals surface area contributed by atoms with Gasteiger partial charge in [-0.15, -0.1) is 0 Å². The third kappa shape index (κ3) is 3.93. The molecule has 0 unspecified atom stereocenters. The van der Waals surface area contributed by atoms with Crippen LogP contribution in [0.3, 0.4) is 0 Å². The first-order valence-corrected chi connectivity index (χ1v) is 11.5. The second kappa shape index (κ2) is 8.73. The van der Waals surface area contributed by atoms with Gasteiger partial charge in [0.05, 0.1) is 10.8 Å². The summed E-state index contributed by atoms with van der Waals surface area (Å²) < 4.78 is 2.15. The Bertz CT molecular complexity index is 1620. The number of aliphatic hydroxyl groups is 1. The maximum absolute atomic E-state index is 11.4. The van der Waals surface area contributed by atoms with E-state index in [2.05, 4.69) is 22.8 Å². The lowest BCUT2D eigenvalue weighted by Crippen LogP contribution is -2.30. The number of phenolic OH excluding ortho intramolecular Hbond substituents is 1. The van der Waals surface area contributed by atoms with E-state index >= 15 is 0 Å². The number of pyridine rings is 1. The molecule has 1 aromatic heterocycles. The van der Waals surface area contributed by atoms with E-state index in [4.69, 9.17) is 0 Å². The number of carbonyl (C=O) groups excluding carboxylic acids is 1. The van der Waals surface area contributed by atoms with Gasteiger partial charge >= 0.3 is 0 Å². The Morgan fingerprint density at radius 2 is 1.43 bits per heavy atom. The summed E-state index contributed by atoms with van der Waals surface area (Å²) in [6, 6.07) is 24.9. The Labute approximate surface area is 204 Å². The van der Waals surface area contributed by atoms with Crippen molar-refractivity contribution in [2.45, 2.75) is 13.8 Å². The topological polar surface area (TPSA) is 61.4 Å². The molecular weight excluding hydrogens is 434 g/mol. The van der Waals surface area contributed by atoms with Crippen molar-refractivity contribution < 1.29 is 19.6 Å². The number of aliphatic hydroxyl groups excluding tert-OH is 1. The van der Waals surface area contributed by atoms with Crippen LogP contribution in [0.15, 0.2) is 78.9 Å². The van der Waals surface area contributed by atoms with Gasteiger partial charge in [0, 0.05) is 28.8 Å². The molecule has 0 aliphatic heterocycles. The van der Waals surface area contributed by atoms with Crippen molar-refractivity contribution in [3.05, 3.63) is 107 Å². The number of aromatic hydroxyl groups is 1. The predicted octanol–water partition coefficient (Wildman–Crippen LogP) is 6.68. The van der Waals surface area contributed by atoms with E-state index < -0.39 is 0 Å². The van der Waals surface area contributed by atoms with Gasteiger partial charge in [-0.25, -0.2) is 0 Å². The maximum Gasteiger partial charge on any atom is 0.214 e. The van der Waals surface area contributed by atoms with Crippen molar-refractivity contribution in [3.8, 4) is 16.9 Å². The summed E-state index contributed by atoms with van der Waals surface area (Å²) in [6.45, 7) is 4.09. The van der Waals surface area contributed by atoms with Gasteiger partial charge in [-0.1, -0.05) is 30.3 Å². The summed E-state index contributed by atoms with van der Waals surface area (Å²) in [4.78, 5) is 11.4. The van der Waals surface area contributed by atoms with Gasteiger partial charge < -0.3 is 10.2 Å². The van der Waals surface area contributed by atoms with Crippen LogP contribution in [0.2, 0.25) is 0 Å². The Morgan fingerprint density at radius 1 is 0.771 bits per heavy atom. The van der Waals surface area contributed by atoms with E-state index in [1.165, 1.54) is 0 Å². The van der Waals surface area contributed by atoms with E-state index in [0.717, 1.165) is 55.9 Å². The Balaban J connectivity index is 1.79. The quantitative estimate of drug-likeness (QED) is 0.103. The van der Waals surface area contributed by atoms with Gasteiger partial charge in [0.2, 0.25) is 11.0 Å². The molecule has 5 aromatic rings. The van der Waals surface area contributed by atoms with E-state index in [9.17, 15) is 15.0 Å². The standard InChI is InChI=1S/C31H25NO3/c1-19-14-22(18-33)15-20(2)30(19)31-25-6-4-5-7-27(25)32(3)28-17-23(10-13-26(28)31)29(35)16-21-8-11-24(34)12-9-21/h4-18H,1-3H3,(H,33,35)/p+1. The predicted molar refractivity (Wildman–Crippen MR) is 142 cm³/mol. The number of hydrogen-bond acceptors (Lipinski definition) is 3. The third-order valence-corrected chi connectivity index (χ3v) is 6.60. The van der Waals surface area contributed by atoms with Crippen molar-refractivity contribution in [2.75, 3.05) is 0 Å². The van der Waals surface area contributed by atoms with Crippen LogP contribution in [0.25, 0.3) is 44.8 Å². The lowest BCUT2D eigenvalue weighted by molar-refractivity contribution is -0.617. The summed E-state index contributed by atoms with van der Waals surface area (Å²) >= 11 is 0. The Hall–Kier alpha value is -4.44. The Morgan fingerprint density at radius 3 is 2.11 bits per heavy atom. The summed E-state index contributed by atoms with van der Waals surface area (Å²) in [6.07, 6.45) is 2.58. The van der Waals surface area contributed by atoms with Crippen molar-refractivity contribution in [2.24, 2.45) is 7.05 Å². The minimum absolute atomic E-state index is 0.148. The van der Waals surface area contributed by atoms with Crippen LogP contribution in [-0.4, -0.2) is 16.5 Å². The van der Waals surface area contributed by atoms with Gasteiger partial charge in [0.15, 0.2) is 0 Å². The monoisotopic (exact) mass is 460 g/mol. The number of aldehydes is 1. The summed E-state index contributed by atoms with van der Waals surface area (Å²) in [5.74, 6) is 0.334. The molecule has 0 bridgehead atoms. The zero-order chi connectivity index (χ0) is 24.7. The van der Waals surface area contributed by atoms with Crippen molar-refractivity contribution in [1.29, 1.82) is 0 Å². The molecule has 1 heterocycles. The Kier molecular flexibility index (Phi) is 5.58. The zero-order valence-corrected chi connectivity index (χ0v) is 19.9. The van der Waals surface area contributed by atoms with Crippen LogP contribution in [0.5, 0.6) is 5.75 Å². The number of hydrogen-bond donors (Lipinski definition) is 2. The number of nitrogens with zero attached hydrogens (tertiary/aromatic N) is 1. The van der Waals surface area contributed by atoms with Crippen molar-refractivity contribution >= 4 is 39.9 Å². The molecular formula is C31H26NO3+. The van der Waals surface area contributed by atoms with Crippen LogP contribution >= 0.6 is 0 Å². The van der Waals surface area contributed by atoms with E-state index in [1.807, 2.05) is 57.3 Å². The van der Waals surface area contributed by atoms with E-state index in [-0.39, 0.29) is 11.5 Å². The van der Waals surface area contributed by atoms with Crippen molar-refractivity contribution in [3.63, 3.8) is 0 Å². The first-order valence-electron chi connectivity index (χ1n) is 11.5. The summed E-state index contributed by atoms with van der Waals surface area (Å²) in [7, 11) is 2.04. The van der Waals surface area contributed by atoms with Gasteiger partial charge in [-0.3, -0.25) is 4.79 Å². The highest BCUT2D eigenvalue weighted by Gasteiger charge is 2.22. The number of phenols is 1. The molecule has 0 spiro atoms. The fourth-order valence-corrected chi connectivity index (χ4v) is 4.97. The summed E-state index contributed by atoms with van der Waals surface area (Å²) in [5, 5.41) is 22.6. The number of fused-ring (bicyclic) bond motifs is 2. The molecule has 0 aliphatic rings. The highest BCUT2D eigenvalue weighted by molar-refractivity contribution is 6.09. The number of para-hydroxylation sites is 1. The van der Waals surface area contributed by atoms with Gasteiger partial charge in [0.1, 0.15) is 24.8 Å². The molecule has 4 aromatic carbocycles. The van der Waals surface area contributed by atoms with Crippen LogP contribution < -0.4 is 4.57 Å². The van der Waals surface area contributed by atoms with E-state index in [1.54, 1.807) is 30.3 Å². The highest BCUT2D eigenvalue weighted by Crippen LogP contribution is 2.38. The lowest BCUT2D eigenvalue weighted by atomic mass is 9.88. The molecule has 0 saturated carbocycles. The maximum atomic E-state index is 11.4. The number of benzene rings is 4. The normalized spacial score (nSPS) is 11.8. The average Bonchev–Trinajstić information content (AvgIpc) is 2.86. The first kappa shape index (κ1) is 22.4. The first-order chi connectivity index (χ1) is 16.9. The molecule has 35 heavy (non-hydrogen) atoms. The zero-order valence-electron chi connectivity index (χ0n) is 19.9. The molecule has 0 radical (unpaired) electrons. The number of carbonyl (C=O) groups is 1. The van der Waals surface area contributed by atoms with Gasteiger partial charge in [0.25, 0.3) is 0 Å². The molecule has 0 saturated heterocycles. The minimum Gasteiger partial charge on any atom is -0.508 e. The molecule has 172 valence electrons. The van der Waals surface area contributed by atoms with Crippen LogP contribution in [0.4, 0.5) is 0 Å². The highest BCUT2D eigenvalue weighted by atomic mass is 16.3. The summed E-state index contributed by atoms with van der Waals surface area (Å²) in [5.41, 5.74) is 8.57. The molecule has 0 amide bonds. The lowest BCUT2D eigenvalue weighted by Gasteiger charge is -2.16. The molecule has 0 aliphatic carbocycles. The number of rotatable bonds is 4. The van der Waals surface area contributed by atoms with E-state index in [0.29, 0.717) is 11.1 Å².